The van der Waals surface area contributed by atoms with E-state index >= 15 is 0 Å². The SMILES string of the molecule is COc1ccc([C@@H]2[C@H](C(=O)N3CCN(c4ccccc4)CC3)CCC(=O)N2c2ccc(OC)cc2)cc1. The van der Waals surface area contributed by atoms with Crippen LogP contribution in [-0.2, 0) is 9.59 Å². The van der Waals surface area contributed by atoms with Crippen LogP contribution in [0.3, 0.4) is 0 Å². The molecule has 0 unspecified atom stereocenters. The zero-order valence-electron chi connectivity index (χ0n) is 21.4. The Morgan fingerprint density at radius 2 is 1.35 bits per heavy atom. The highest BCUT2D eigenvalue weighted by Crippen LogP contribution is 2.41. The van der Waals surface area contributed by atoms with Gasteiger partial charge in [0.05, 0.1) is 26.2 Å². The second kappa shape index (κ2) is 10.9. The number of piperazine rings is 1. The first-order chi connectivity index (χ1) is 18.1. The summed E-state index contributed by atoms with van der Waals surface area (Å²) in [5.74, 6) is 1.25. The van der Waals surface area contributed by atoms with Crippen LogP contribution in [-0.4, -0.2) is 57.1 Å². The van der Waals surface area contributed by atoms with Crippen molar-refractivity contribution >= 4 is 23.2 Å². The smallest absolute Gasteiger partial charge is 0.228 e. The summed E-state index contributed by atoms with van der Waals surface area (Å²) in [4.78, 5) is 33.4. The van der Waals surface area contributed by atoms with Crippen LogP contribution in [0.25, 0.3) is 0 Å². The van der Waals surface area contributed by atoms with Crippen molar-refractivity contribution in [3.05, 3.63) is 84.4 Å². The number of amides is 2. The first-order valence-corrected chi connectivity index (χ1v) is 12.8. The van der Waals surface area contributed by atoms with E-state index in [4.69, 9.17) is 9.47 Å². The molecule has 0 aliphatic carbocycles. The van der Waals surface area contributed by atoms with Gasteiger partial charge in [0.25, 0.3) is 0 Å². The van der Waals surface area contributed by atoms with E-state index in [0.717, 1.165) is 35.8 Å². The van der Waals surface area contributed by atoms with Gasteiger partial charge in [0, 0.05) is 44.0 Å². The molecule has 0 saturated carbocycles. The van der Waals surface area contributed by atoms with Gasteiger partial charge in [-0.2, -0.15) is 0 Å². The Morgan fingerprint density at radius 1 is 0.757 bits per heavy atom. The van der Waals surface area contributed by atoms with E-state index in [1.165, 1.54) is 5.69 Å². The minimum Gasteiger partial charge on any atom is -0.497 e. The second-order valence-electron chi connectivity index (χ2n) is 9.47. The van der Waals surface area contributed by atoms with Crippen molar-refractivity contribution in [2.75, 3.05) is 50.2 Å². The highest BCUT2D eigenvalue weighted by Gasteiger charge is 2.43. The van der Waals surface area contributed by atoms with E-state index in [-0.39, 0.29) is 17.7 Å². The number of piperidine rings is 1. The van der Waals surface area contributed by atoms with Crippen LogP contribution in [0.4, 0.5) is 11.4 Å². The maximum Gasteiger partial charge on any atom is 0.228 e. The van der Waals surface area contributed by atoms with Crippen molar-refractivity contribution < 1.29 is 19.1 Å². The molecule has 2 saturated heterocycles. The molecule has 0 spiro atoms. The molecule has 192 valence electrons. The van der Waals surface area contributed by atoms with Gasteiger partial charge in [-0.05, 0) is 60.5 Å². The lowest BCUT2D eigenvalue weighted by Gasteiger charge is -2.44. The first-order valence-electron chi connectivity index (χ1n) is 12.8. The number of carbonyl (C=O) groups excluding carboxylic acids is 2. The standard InChI is InChI=1S/C30H33N3O4/c1-36-25-12-8-22(9-13-25)29-27(16-17-28(34)33(29)24-10-14-26(37-2)15-11-24)30(35)32-20-18-31(19-21-32)23-6-4-3-5-7-23/h3-15,27,29H,16-21H2,1-2H3/t27-,29-/m1/s1. The summed E-state index contributed by atoms with van der Waals surface area (Å²) < 4.78 is 10.7. The van der Waals surface area contributed by atoms with E-state index in [1.807, 2.05) is 71.6 Å². The lowest BCUT2D eigenvalue weighted by atomic mass is 9.82. The van der Waals surface area contributed by atoms with Crippen LogP contribution in [0.5, 0.6) is 11.5 Å². The van der Waals surface area contributed by atoms with Crippen LogP contribution in [0.2, 0.25) is 0 Å². The number of benzene rings is 3. The molecule has 0 radical (unpaired) electrons. The van der Waals surface area contributed by atoms with Crippen molar-refractivity contribution in [3.63, 3.8) is 0 Å². The van der Waals surface area contributed by atoms with Crippen LogP contribution < -0.4 is 19.3 Å². The Hall–Kier alpha value is -4.00. The molecule has 2 atom stereocenters. The Labute approximate surface area is 218 Å². The molecule has 0 N–H and O–H groups in total. The zero-order chi connectivity index (χ0) is 25.8. The van der Waals surface area contributed by atoms with Crippen LogP contribution in [0.15, 0.2) is 78.9 Å². The second-order valence-corrected chi connectivity index (χ2v) is 9.47. The topological polar surface area (TPSA) is 62.3 Å². The number of para-hydroxylation sites is 1. The fourth-order valence-corrected chi connectivity index (χ4v) is 5.44. The normalized spacial score (nSPS) is 20.1. The number of ether oxygens (including phenoxy) is 2. The minimum absolute atomic E-state index is 0.0175. The molecule has 2 heterocycles. The predicted octanol–water partition coefficient (Wildman–Crippen LogP) is 4.54. The molecule has 3 aromatic carbocycles. The maximum atomic E-state index is 14.0. The molecule has 0 bridgehead atoms. The molecule has 2 aliphatic rings. The lowest BCUT2D eigenvalue weighted by Crippen LogP contribution is -2.54. The van der Waals surface area contributed by atoms with E-state index in [9.17, 15) is 9.59 Å². The molecule has 5 rings (SSSR count). The molecule has 2 amide bonds. The van der Waals surface area contributed by atoms with Gasteiger partial charge >= 0.3 is 0 Å². The van der Waals surface area contributed by atoms with Gasteiger partial charge in [-0.3, -0.25) is 9.59 Å². The molecular weight excluding hydrogens is 466 g/mol. The Balaban J connectivity index is 1.43. The molecule has 7 heteroatoms. The molecular formula is C30H33N3O4. The quantitative estimate of drug-likeness (QED) is 0.499. The van der Waals surface area contributed by atoms with Crippen LogP contribution in [0, 0.1) is 5.92 Å². The maximum absolute atomic E-state index is 14.0. The number of hydrogen-bond donors (Lipinski definition) is 0. The summed E-state index contributed by atoms with van der Waals surface area (Å²) in [6.45, 7) is 2.90. The first kappa shape index (κ1) is 24.7. The molecule has 3 aromatic rings. The summed E-state index contributed by atoms with van der Waals surface area (Å²) in [5.41, 5.74) is 2.86. The molecule has 7 nitrogen and oxygen atoms in total. The van der Waals surface area contributed by atoms with Crippen LogP contribution >= 0.6 is 0 Å². The van der Waals surface area contributed by atoms with E-state index in [2.05, 4.69) is 17.0 Å². The lowest BCUT2D eigenvalue weighted by molar-refractivity contribution is -0.138. The number of carbonyl (C=O) groups is 2. The molecule has 0 aromatic heterocycles. The van der Waals surface area contributed by atoms with E-state index in [1.54, 1.807) is 19.1 Å². The fourth-order valence-electron chi connectivity index (χ4n) is 5.44. The summed E-state index contributed by atoms with van der Waals surface area (Å²) in [6, 6.07) is 25.1. The third-order valence-corrected chi connectivity index (χ3v) is 7.43. The highest BCUT2D eigenvalue weighted by molar-refractivity contribution is 5.97. The van der Waals surface area contributed by atoms with Crippen LogP contribution in [0.1, 0.15) is 24.4 Å². The monoisotopic (exact) mass is 499 g/mol. The predicted molar refractivity (Wildman–Crippen MR) is 144 cm³/mol. The third-order valence-electron chi connectivity index (χ3n) is 7.43. The van der Waals surface area contributed by atoms with Gasteiger partial charge in [0.15, 0.2) is 0 Å². The highest BCUT2D eigenvalue weighted by atomic mass is 16.5. The number of hydrogen-bond acceptors (Lipinski definition) is 5. The summed E-state index contributed by atoms with van der Waals surface area (Å²) in [7, 11) is 3.25. The van der Waals surface area contributed by atoms with Gasteiger partial charge in [-0.25, -0.2) is 0 Å². The van der Waals surface area contributed by atoms with Crippen molar-refractivity contribution in [2.45, 2.75) is 18.9 Å². The minimum atomic E-state index is -0.403. The van der Waals surface area contributed by atoms with E-state index in [0.29, 0.717) is 25.9 Å². The average molecular weight is 500 g/mol. The molecule has 2 aliphatic heterocycles. The average Bonchev–Trinajstić information content (AvgIpc) is 2.97. The summed E-state index contributed by atoms with van der Waals surface area (Å²) in [5, 5.41) is 0. The molecule has 37 heavy (non-hydrogen) atoms. The number of methoxy groups -OCH3 is 2. The van der Waals surface area contributed by atoms with Crippen molar-refractivity contribution in [3.8, 4) is 11.5 Å². The van der Waals surface area contributed by atoms with Crippen molar-refractivity contribution in [1.82, 2.24) is 4.90 Å². The van der Waals surface area contributed by atoms with Gasteiger partial charge in [-0.1, -0.05) is 30.3 Å². The summed E-state index contributed by atoms with van der Waals surface area (Å²) in [6.07, 6.45) is 0.860. The van der Waals surface area contributed by atoms with E-state index < -0.39 is 6.04 Å². The number of rotatable bonds is 6. The van der Waals surface area contributed by atoms with Crippen molar-refractivity contribution in [2.24, 2.45) is 5.92 Å². The zero-order valence-corrected chi connectivity index (χ0v) is 21.4. The Kier molecular flexibility index (Phi) is 7.30. The number of anilines is 2. The summed E-state index contributed by atoms with van der Waals surface area (Å²) >= 11 is 0. The fraction of sp³-hybridized carbons (Fsp3) is 0.333. The van der Waals surface area contributed by atoms with Crippen molar-refractivity contribution in [1.29, 1.82) is 0 Å². The van der Waals surface area contributed by atoms with Gasteiger partial charge in [-0.15, -0.1) is 0 Å². The Bertz CT molecular complexity index is 1210. The number of nitrogens with zero attached hydrogens (tertiary/aromatic N) is 3. The van der Waals surface area contributed by atoms with Gasteiger partial charge in [0.1, 0.15) is 11.5 Å². The van der Waals surface area contributed by atoms with Gasteiger partial charge in [0.2, 0.25) is 11.8 Å². The third kappa shape index (κ3) is 5.12. The largest absolute Gasteiger partial charge is 0.497 e. The Morgan fingerprint density at radius 3 is 1.95 bits per heavy atom. The molecule has 2 fully saturated rings. The van der Waals surface area contributed by atoms with Gasteiger partial charge < -0.3 is 24.2 Å².